The lowest BCUT2D eigenvalue weighted by atomic mass is 10.2. The van der Waals surface area contributed by atoms with Gasteiger partial charge < -0.3 is 30.4 Å². The van der Waals surface area contributed by atoms with Gasteiger partial charge in [0.1, 0.15) is 6.04 Å². The fraction of sp³-hybridized carbons (Fsp3) is 0.429. The van der Waals surface area contributed by atoms with Gasteiger partial charge in [-0.05, 0) is 18.2 Å². The number of carbonyl (C=O) groups excluding carboxylic acids is 2. The number of quaternary nitrogens is 1. The average Bonchev–Trinajstić information content (AvgIpc) is 2.49. The molecule has 0 aliphatic rings. The number of hydrogen-bond acceptors (Lipinski definition) is 5. The van der Waals surface area contributed by atoms with E-state index in [0.29, 0.717) is 17.3 Å². The minimum atomic E-state index is -1.34. The van der Waals surface area contributed by atoms with Crippen LogP contribution in [0.15, 0.2) is 18.2 Å². The van der Waals surface area contributed by atoms with Crippen LogP contribution in [-0.4, -0.2) is 49.4 Å². The van der Waals surface area contributed by atoms with Gasteiger partial charge >= 0.3 is 0 Å². The van der Waals surface area contributed by atoms with Crippen molar-refractivity contribution in [3.63, 3.8) is 0 Å². The first-order valence-electron chi connectivity index (χ1n) is 6.91. The van der Waals surface area contributed by atoms with E-state index >= 15 is 0 Å². The Morgan fingerprint density at radius 2 is 2.04 bits per heavy atom. The van der Waals surface area contributed by atoms with E-state index in [9.17, 15) is 14.7 Å². The molecule has 9 heteroatoms. The predicted octanol–water partition coefficient (Wildman–Crippen LogP) is -0.987. The molecule has 7 nitrogen and oxygen atoms in total. The van der Waals surface area contributed by atoms with Crippen LogP contribution in [0.5, 0.6) is 0 Å². The van der Waals surface area contributed by atoms with E-state index in [1.807, 2.05) is 0 Å². The number of aliphatic carboxylic acids is 1. The number of carboxylic acid groups (broad SMARTS) is 1. The van der Waals surface area contributed by atoms with Gasteiger partial charge in [-0.1, -0.05) is 23.2 Å². The number of nitrogens with two attached hydrogens (primary N) is 1. The molecule has 4 N–H and O–H groups in total. The first-order chi connectivity index (χ1) is 10.9. The highest BCUT2D eigenvalue weighted by atomic mass is 35.5. The summed E-state index contributed by atoms with van der Waals surface area (Å²) in [5.74, 6) is -1.82. The number of aliphatic hydroxyl groups is 1. The third-order valence-corrected chi connectivity index (χ3v) is 3.60. The van der Waals surface area contributed by atoms with Crippen LogP contribution in [0.4, 0.5) is 5.69 Å². The van der Waals surface area contributed by atoms with Gasteiger partial charge in [0.05, 0.1) is 48.8 Å². The molecule has 1 amide bonds. The number of rotatable bonds is 10. The van der Waals surface area contributed by atoms with E-state index in [1.54, 1.807) is 6.07 Å². The maximum Gasteiger partial charge on any atom is 0.230 e. The summed E-state index contributed by atoms with van der Waals surface area (Å²) in [6.45, 7) is 0.676. The topological polar surface area (TPSA) is 115 Å². The largest absolute Gasteiger partial charge is 0.544 e. The number of halogens is 2. The quantitative estimate of drug-likeness (QED) is 0.461. The van der Waals surface area contributed by atoms with Crippen LogP contribution < -0.4 is 15.7 Å². The number of amides is 1. The Morgan fingerprint density at radius 3 is 2.65 bits per heavy atom. The Morgan fingerprint density at radius 1 is 1.30 bits per heavy atom. The monoisotopic (exact) mass is 364 g/mol. The molecule has 1 atom stereocenters. The summed E-state index contributed by atoms with van der Waals surface area (Å²) in [6, 6.07) is 3.53. The Labute approximate surface area is 143 Å². The molecule has 0 saturated heterocycles. The molecule has 23 heavy (non-hydrogen) atoms. The second-order valence-electron chi connectivity index (χ2n) is 4.67. The molecular weight excluding hydrogens is 347 g/mol. The standard InChI is InChI=1S/C14H18Cl2N2O5/c15-10-2-1-9(7-11(10)16)18-13(20)8-12(14(21)22)17-3-5-23-6-4-19/h1-2,7,12,17,19H,3-6,8H2,(H,18,20)(H,21,22)/t12-/m1/s1. The molecule has 0 bridgehead atoms. The normalized spacial score (nSPS) is 12.0. The van der Waals surface area contributed by atoms with E-state index < -0.39 is 17.9 Å². The molecule has 0 aromatic heterocycles. The molecule has 0 fully saturated rings. The molecule has 1 rings (SSSR count). The Balaban J connectivity index is 2.47. The van der Waals surface area contributed by atoms with E-state index in [-0.39, 0.29) is 31.3 Å². The number of carbonyl (C=O) groups is 2. The van der Waals surface area contributed by atoms with Gasteiger partial charge in [0.2, 0.25) is 5.91 Å². The molecule has 0 spiro atoms. The van der Waals surface area contributed by atoms with Crippen LogP contribution in [0.25, 0.3) is 0 Å². The lowest BCUT2D eigenvalue weighted by Crippen LogP contribution is -2.94. The van der Waals surface area contributed by atoms with Crippen molar-refractivity contribution < 1.29 is 29.9 Å². The summed E-state index contributed by atoms with van der Waals surface area (Å²) in [6.07, 6.45) is -0.261. The number of carboxylic acids is 1. The lowest BCUT2D eigenvalue weighted by Gasteiger charge is -2.16. The van der Waals surface area contributed by atoms with Crippen molar-refractivity contribution in [1.29, 1.82) is 0 Å². The summed E-state index contributed by atoms with van der Waals surface area (Å²) in [5.41, 5.74) is 0.424. The van der Waals surface area contributed by atoms with Crippen molar-refractivity contribution in [3.8, 4) is 0 Å². The first kappa shape index (κ1) is 19.7. The van der Waals surface area contributed by atoms with Gasteiger partial charge in [-0.2, -0.15) is 0 Å². The Hall–Kier alpha value is -1.38. The first-order valence-corrected chi connectivity index (χ1v) is 7.67. The zero-order chi connectivity index (χ0) is 17.2. The number of nitrogens with one attached hydrogen (secondary N) is 1. The second kappa shape index (κ2) is 10.4. The molecule has 0 radical (unpaired) electrons. The third-order valence-electron chi connectivity index (χ3n) is 2.86. The maximum atomic E-state index is 11.9. The molecule has 0 aliphatic carbocycles. The van der Waals surface area contributed by atoms with Crippen LogP contribution >= 0.6 is 23.2 Å². The molecule has 0 saturated carbocycles. The van der Waals surface area contributed by atoms with Gasteiger partial charge in [0, 0.05) is 5.69 Å². The highest BCUT2D eigenvalue weighted by Gasteiger charge is 2.18. The maximum absolute atomic E-state index is 11.9. The van der Waals surface area contributed by atoms with Crippen molar-refractivity contribution in [1.82, 2.24) is 0 Å². The van der Waals surface area contributed by atoms with Gasteiger partial charge in [-0.3, -0.25) is 4.79 Å². The van der Waals surface area contributed by atoms with Gasteiger partial charge in [-0.25, -0.2) is 0 Å². The second-order valence-corrected chi connectivity index (χ2v) is 5.48. The predicted molar refractivity (Wildman–Crippen MR) is 83.2 cm³/mol. The highest BCUT2D eigenvalue weighted by Crippen LogP contribution is 2.24. The number of benzene rings is 1. The molecule has 128 valence electrons. The molecule has 0 heterocycles. The van der Waals surface area contributed by atoms with Crippen molar-refractivity contribution in [2.75, 3.05) is 31.7 Å². The van der Waals surface area contributed by atoms with Crippen LogP contribution in [0.1, 0.15) is 6.42 Å². The van der Waals surface area contributed by atoms with Crippen molar-refractivity contribution in [2.24, 2.45) is 0 Å². The minimum absolute atomic E-state index is 0.101. The van der Waals surface area contributed by atoms with Crippen LogP contribution in [0, 0.1) is 0 Å². The summed E-state index contributed by atoms with van der Waals surface area (Å²) in [7, 11) is 0. The fourth-order valence-corrected chi connectivity index (χ4v) is 2.07. The van der Waals surface area contributed by atoms with Crippen LogP contribution in [0.2, 0.25) is 10.0 Å². The number of anilines is 1. The number of aliphatic hydroxyl groups excluding tert-OH is 1. The number of ether oxygens (including phenoxy) is 1. The molecular formula is C14H18Cl2N2O5. The number of hydrogen-bond donors (Lipinski definition) is 3. The van der Waals surface area contributed by atoms with Gasteiger partial charge in [0.15, 0.2) is 0 Å². The Bertz CT molecular complexity index is 542. The van der Waals surface area contributed by atoms with Gasteiger partial charge in [-0.15, -0.1) is 0 Å². The van der Waals surface area contributed by atoms with E-state index in [2.05, 4.69) is 5.32 Å². The summed E-state index contributed by atoms with van der Waals surface area (Å²) in [5, 5.41) is 24.2. The fourth-order valence-electron chi connectivity index (χ4n) is 1.77. The zero-order valence-electron chi connectivity index (χ0n) is 12.3. The van der Waals surface area contributed by atoms with Crippen molar-refractivity contribution in [2.45, 2.75) is 12.5 Å². The van der Waals surface area contributed by atoms with Crippen molar-refractivity contribution >= 4 is 40.8 Å². The SMILES string of the molecule is O=C(C[C@@H]([NH2+]CCOCCO)C(=O)[O-])Nc1ccc(Cl)c(Cl)c1. The van der Waals surface area contributed by atoms with Crippen molar-refractivity contribution in [3.05, 3.63) is 28.2 Å². The van der Waals surface area contributed by atoms with Gasteiger partial charge in [0.25, 0.3) is 0 Å². The molecule has 1 aromatic carbocycles. The summed E-state index contributed by atoms with van der Waals surface area (Å²) in [4.78, 5) is 23.0. The molecule has 0 unspecified atom stereocenters. The zero-order valence-corrected chi connectivity index (χ0v) is 13.8. The smallest absolute Gasteiger partial charge is 0.230 e. The highest BCUT2D eigenvalue weighted by molar-refractivity contribution is 6.42. The summed E-state index contributed by atoms with van der Waals surface area (Å²) < 4.78 is 5.02. The van der Waals surface area contributed by atoms with Crippen LogP contribution in [-0.2, 0) is 14.3 Å². The average molecular weight is 365 g/mol. The summed E-state index contributed by atoms with van der Waals surface area (Å²) >= 11 is 11.6. The van der Waals surface area contributed by atoms with E-state index in [0.717, 1.165) is 0 Å². The van der Waals surface area contributed by atoms with E-state index in [4.69, 9.17) is 33.0 Å². The molecule has 0 aliphatic heterocycles. The lowest BCUT2D eigenvalue weighted by molar-refractivity contribution is -0.683. The third kappa shape index (κ3) is 7.62. The minimum Gasteiger partial charge on any atom is -0.544 e. The Kier molecular flexibility index (Phi) is 8.90. The van der Waals surface area contributed by atoms with Crippen LogP contribution in [0.3, 0.4) is 0 Å². The van der Waals surface area contributed by atoms with E-state index in [1.165, 1.54) is 17.4 Å². The molecule has 1 aromatic rings.